The van der Waals surface area contributed by atoms with Crippen molar-refractivity contribution in [2.75, 3.05) is 20.6 Å². The van der Waals surface area contributed by atoms with Crippen LogP contribution in [0.3, 0.4) is 0 Å². The number of carbonyl (C=O) groups is 1. The van der Waals surface area contributed by atoms with Gasteiger partial charge >= 0.3 is 0 Å². The minimum atomic E-state index is -0.600. The van der Waals surface area contributed by atoms with E-state index in [1.807, 2.05) is 25.9 Å². The van der Waals surface area contributed by atoms with Gasteiger partial charge in [-0.1, -0.05) is 0 Å². The number of amides is 1. The summed E-state index contributed by atoms with van der Waals surface area (Å²) >= 11 is 0. The van der Waals surface area contributed by atoms with Gasteiger partial charge in [-0.2, -0.15) is 0 Å². The second-order valence-corrected chi connectivity index (χ2v) is 3.99. The summed E-state index contributed by atoms with van der Waals surface area (Å²) in [7, 11) is 3.82. The monoisotopic (exact) mass is 225 g/mol. The number of pyridine rings is 1. The molecule has 0 fully saturated rings. The lowest BCUT2D eigenvalue weighted by molar-refractivity contribution is 0.0930. The Bertz CT molecular complexity index is 368. The van der Waals surface area contributed by atoms with Crippen LogP contribution in [0.1, 0.15) is 17.3 Å². The van der Waals surface area contributed by atoms with Crippen molar-refractivity contribution in [1.82, 2.24) is 15.2 Å². The molecular weight excluding hydrogens is 209 g/mol. The van der Waals surface area contributed by atoms with Gasteiger partial charge in [-0.05, 0) is 27.1 Å². The van der Waals surface area contributed by atoms with Crippen molar-refractivity contribution in [3.8, 4) is 0 Å². The molecule has 1 unspecified atom stereocenters. The Morgan fingerprint density at radius 2 is 2.31 bits per heavy atom. The summed E-state index contributed by atoms with van der Waals surface area (Å²) in [5.41, 5.74) is 0.0283. The Morgan fingerprint density at radius 1 is 1.62 bits per heavy atom. The zero-order chi connectivity index (χ0) is 12.1. The summed E-state index contributed by atoms with van der Waals surface area (Å²) in [6.07, 6.45) is 2.43. The maximum atomic E-state index is 13.2. The molecule has 0 aromatic carbocycles. The summed E-state index contributed by atoms with van der Waals surface area (Å²) in [6, 6.07) is 1.34. The Hall–Kier alpha value is -1.49. The van der Waals surface area contributed by atoms with E-state index in [0.717, 1.165) is 6.20 Å². The topological polar surface area (TPSA) is 45.2 Å². The number of nitrogens with zero attached hydrogens (tertiary/aromatic N) is 2. The molecule has 0 bridgehead atoms. The van der Waals surface area contributed by atoms with Crippen LogP contribution in [0, 0.1) is 5.82 Å². The number of rotatable bonds is 4. The normalized spacial score (nSPS) is 12.6. The summed E-state index contributed by atoms with van der Waals surface area (Å²) in [6.45, 7) is 2.58. The van der Waals surface area contributed by atoms with E-state index in [1.165, 1.54) is 12.3 Å². The minimum absolute atomic E-state index is 0.0283. The van der Waals surface area contributed by atoms with Gasteiger partial charge in [-0.3, -0.25) is 9.78 Å². The van der Waals surface area contributed by atoms with E-state index in [9.17, 15) is 9.18 Å². The third kappa shape index (κ3) is 3.58. The van der Waals surface area contributed by atoms with E-state index in [0.29, 0.717) is 6.54 Å². The second-order valence-electron chi connectivity index (χ2n) is 3.99. The van der Waals surface area contributed by atoms with Gasteiger partial charge in [0.2, 0.25) is 0 Å². The maximum absolute atomic E-state index is 13.2. The number of halogens is 1. The highest BCUT2D eigenvalue weighted by Crippen LogP contribution is 2.04. The van der Waals surface area contributed by atoms with Crippen molar-refractivity contribution < 1.29 is 9.18 Å². The van der Waals surface area contributed by atoms with Crippen LogP contribution in [-0.4, -0.2) is 42.5 Å². The molecule has 0 saturated carbocycles. The molecule has 0 radical (unpaired) electrons. The molecule has 16 heavy (non-hydrogen) atoms. The molecule has 88 valence electrons. The van der Waals surface area contributed by atoms with Crippen LogP contribution in [0.15, 0.2) is 18.5 Å². The summed E-state index contributed by atoms with van der Waals surface area (Å²) in [5.74, 6) is -1.01. The molecule has 4 nitrogen and oxygen atoms in total. The second kappa shape index (κ2) is 5.55. The molecule has 5 heteroatoms. The standard InChI is InChI=1S/C11H16FN3O/c1-8(7-15(2)3)14-11(16)9-4-5-13-6-10(9)12/h4-6,8H,7H2,1-3H3,(H,14,16). The fourth-order valence-corrected chi connectivity index (χ4v) is 1.45. The zero-order valence-corrected chi connectivity index (χ0v) is 9.70. The quantitative estimate of drug-likeness (QED) is 0.828. The fraction of sp³-hybridized carbons (Fsp3) is 0.455. The lowest BCUT2D eigenvalue weighted by Crippen LogP contribution is -2.39. The molecule has 0 aliphatic carbocycles. The Balaban J connectivity index is 2.63. The summed E-state index contributed by atoms with van der Waals surface area (Å²) in [4.78, 5) is 17.2. The number of aromatic nitrogens is 1. The minimum Gasteiger partial charge on any atom is -0.348 e. The Morgan fingerprint density at radius 3 is 2.88 bits per heavy atom. The Labute approximate surface area is 94.5 Å². The van der Waals surface area contributed by atoms with Gasteiger partial charge in [-0.25, -0.2) is 4.39 Å². The van der Waals surface area contributed by atoms with Crippen LogP contribution in [0.4, 0.5) is 4.39 Å². The zero-order valence-electron chi connectivity index (χ0n) is 9.70. The fourth-order valence-electron chi connectivity index (χ4n) is 1.45. The number of hydrogen-bond acceptors (Lipinski definition) is 3. The first-order chi connectivity index (χ1) is 7.50. The molecule has 1 atom stereocenters. The van der Waals surface area contributed by atoms with Crippen LogP contribution >= 0.6 is 0 Å². The van der Waals surface area contributed by atoms with Gasteiger partial charge in [0.1, 0.15) is 0 Å². The van der Waals surface area contributed by atoms with Crippen molar-refractivity contribution in [2.24, 2.45) is 0 Å². The number of carbonyl (C=O) groups excluding carboxylic acids is 1. The van der Waals surface area contributed by atoms with Crippen molar-refractivity contribution in [1.29, 1.82) is 0 Å². The molecule has 1 aromatic heterocycles. The van der Waals surface area contributed by atoms with Gasteiger partial charge < -0.3 is 10.2 Å². The number of nitrogens with one attached hydrogen (secondary N) is 1. The number of likely N-dealkylation sites (N-methyl/N-ethyl adjacent to an activating group) is 1. The third-order valence-electron chi connectivity index (χ3n) is 2.03. The highest BCUT2D eigenvalue weighted by atomic mass is 19.1. The van der Waals surface area contributed by atoms with Crippen molar-refractivity contribution in [2.45, 2.75) is 13.0 Å². The lowest BCUT2D eigenvalue weighted by atomic mass is 10.2. The highest BCUT2D eigenvalue weighted by molar-refractivity contribution is 5.94. The smallest absolute Gasteiger partial charge is 0.254 e. The van der Waals surface area contributed by atoms with Crippen molar-refractivity contribution in [3.63, 3.8) is 0 Å². The van der Waals surface area contributed by atoms with Crippen LogP contribution in [0.5, 0.6) is 0 Å². The van der Waals surface area contributed by atoms with Crippen LogP contribution in [0.25, 0.3) is 0 Å². The van der Waals surface area contributed by atoms with Crippen molar-refractivity contribution >= 4 is 5.91 Å². The number of hydrogen-bond donors (Lipinski definition) is 1. The predicted octanol–water partition coefficient (Wildman–Crippen LogP) is 0.901. The summed E-state index contributed by atoms with van der Waals surface area (Å²) < 4.78 is 13.2. The molecule has 0 saturated heterocycles. The van der Waals surface area contributed by atoms with Gasteiger partial charge in [0, 0.05) is 18.8 Å². The van der Waals surface area contributed by atoms with Gasteiger partial charge in [-0.15, -0.1) is 0 Å². The third-order valence-corrected chi connectivity index (χ3v) is 2.03. The highest BCUT2D eigenvalue weighted by Gasteiger charge is 2.13. The maximum Gasteiger partial charge on any atom is 0.254 e. The van der Waals surface area contributed by atoms with E-state index < -0.39 is 11.7 Å². The first-order valence-electron chi connectivity index (χ1n) is 5.06. The van der Waals surface area contributed by atoms with E-state index in [1.54, 1.807) is 0 Å². The molecule has 1 rings (SSSR count). The molecule has 1 aromatic rings. The lowest BCUT2D eigenvalue weighted by Gasteiger charge is -2.18. The van der Waals surface area contributed by atoms with Gasteiger partial charge in [0.25, 0.3) is 5.91 Å². The van der Waals surface area contributed by atoms with E-state index in [-0.39, 0.29) is 11.6 Å². The Kier molecular flexibility index (Phi) is 4.37. The molecular formula is C11H16FN3O. The average Bonchev–Trinajstić information content (AvgIpc) is 2.16. The van der Waals surface area contributed by atoms with E-state index >= 15 is 0 Å². The molecule has 0 aliphatic heterocycles. The first-order valence-corrected chi connectivity index (χ1v) is 5.06. The molecule has 1 N–H and O–H groups in total. The van der Waals surface area contributed by atoms with Crippen LogP contribution in [0.2, 0.25) is 0 Å². The molecule has 0 aliphatic rings. The van der Waals surface area contributed by atoms with E-state index in [2.05, 4.69) is 10.3 Å². The van der Waals surface area contributed by atoms with Gasteiger partial charge in [0.15, 0.2) is 5.82 Å². The molecule has 1 amide bonds. The average molecular weight is 225 g/mol. The van der Waals surface area contributed by atoms with Crippen molar-refractivity contribution in [3.05, 3.63) is 29.8 Å². The molecule has 0 spiro atoms. The predicted molar refractivity (Wildman–Crippen MR) is 59.7 cm³/mol. The van der Waals surface area contributed by atoms with E-state index in [4.69, 9.17) is 0 Å². The summed E-state index contributed by atoms with van der Waals surface area (Å²) in [5, 5.41) is 2.72. The van der Waals surface area contributed by atoms with Gasteiger partial charge in [0.05, 0.1) is 11.8 Å². The largest absolute Gasteiger partial charge is 0.348 e. The SMILES string of the molecule is CC(CN(C)C)NC(=O)c1ccncc1F. The molecule has 1 heterocycles. The van der Waals surface area contributed by atoms with Crippen LogP contribution < -0.4 is 5.32 Å². The first kappa shape index (κ1) is 12.6. The van der Waals surface area contributed by atoms with Crippen LogP contribution in [-0.2, 0) is 0 Å².